The fourth-order valence-electron chi connectivity index (χ4n) is 1.47. The third kappa shape index (κ3) is 2.83. The minimum Gasteiger partial charge on any atom is -0.313 e. The zero-order valence-corrected chi connectivity index (χ0v) is 9.31. The standard InChI is InChI=1S/C9H12ClN3S/c10-8-3-4-9(13-12-8)14-6-7-2-1-5-11-7/h3-4,7,11H,1-2,5-6H2/t7-/m0/s1. The summed E-state index contributed by atoms with van der Waals surface area (Å²) in [5.74, 6) is 1.07. The zero-order chi connectivity index (χ0) is 9.80. The smallest absolute Gasteiger partial charge is 0.151 e. The van der Waals surface area contributed by atoms with Gasteiger partial charge in [-0.15, -0.1) is 22.0 Å². The maximum absolute atomic E-state index is 5.64. The minimum atomic E-state index is 0.452. The first-order valence-corrected chi connectivity index (χ1v) is 6.06. The van der Waals surface area contributed by atoms with Crippen molar-refractivity contribution in [1.29, 1.82) is 0 Å². The van der Waals surface area contributed by atoms with Gasteiger partial charge >= 0.3 is 0 Å². The molecule has 14 heavy (non-hydrogen) atoms. The van der Waals surface area contributed by atoms with Gasteiger partial charge in [-0.05, 0) is 31.5 Å². The Bertz CT molecular complexity index is 285. The Balaban J connectivity index is 1.82. The van der Waals surface area contributed by atoms with Crippen molar-refractivity contribution in [3.8, 4) is 0 Å². The van der Waals surface area contributed by atoms with Crippen molar-refractivity contribution < 1.29 is 0 Å². The third-order valence-corrected chi connectivity index (χ3v) is 3.49. The van der Waals surface area contributed by atoms with Crippen LogP contribution in [0.25, 0.3) is 0 Å². The van der Waals surface area contributed by atoms with Gasteiger partial charge in [0.1, 0.15) is 5.03 Å². The summed E-state index contributed by atoms with van der Waals surface area (Å²) in [6.45, 7) is 1.15. The number of hydrogen-bond donors (Lipinski definition) is 1. The van der Waals surface area contributed by atoms with E-state index in [0.717, 1.165) is 17.3 Å². The average molecular weight is 230 g/mol. The highest BCUT2D eigenvalue weighted by atomic mass is 35.5. The van der Waals surface area contributed by atoms with Gasteiger partial charge < -0.3 is 5.32 Å². The van der Waals surface area contributed by atoms with Gasteiger partial charge in [0.05, 0.1) is 0 Å². The monoisotopic (exact) mass is 229 g/mol. The maximum Gasteiger partial charge on any atom is 0.151 e. The molecule has 3 nitrogen and oxygen atoms in total. The molecule has 0 radical (unpaired) electrons. The Morgan fingerprint density at radius 3 is 3.07 bits per heavy atom. The molecule has 1 aromatic heterocycles. The summed E-state index contributed by atoms with van der Waals surface area (Å²) in [6.07, 6.45) is 2.56. The quantitative estimate of drug-likeness (QED) is 0.805. The molecule has 1 saturated heterocycles. The second-order valence-electron chi connectivity index (χ2n) is 3.30. The first-order valence-electron chi connectivity index (χ1n) is 4.70. The van der Waals surface area contributed by atoms with Gasteiger partial charge in [-0.1, -0.05) is 11.6 Å². The molecule has 1 fully saturated rings. The lowest BCUT2D eigenvalue weighted by Gasteiger charge is -2.07. The number of halogens is 1. The van der Waals surface area contributed by atoms with Gasteiger partial charge in [0.15, 0.2) is 5.15 Å². The molecule has 1 atom stereocenters. The molecular formula is C9H12ClN3S. The number of hydrogen-bond acceptors (Lipinski definition) is 4. The lowest BCUT2D eigenvalue weighted by atomic mass is 10.3. The third-order valence-electron chi connectivity index (χ3n) is 2.20. The van der Waals surface area contributed by atoms with Crippen molar-refractivity contribution in [3.05, 3.63) is 17.3 Å². The SMILES string of the molecule is Clc1ccc(SC[C@@H]2CCCN2)nn1. The predicted octanol–water partition coefficient (Wildman–Crippen LogP) is 1.97. The number of aromatic nitrogens is 2. The van der Waals surface area contributed by atoms with Crippen molar-refractivity contribution in [3.63, 3.8) is 0 Å². The van der Waals surface area contributed by atoms with Crippen LogP contribution in [0.5, 0.6) is 0 Å². The van der Waals surface area contributed by atoms with Crippen molar-refractivity contribution in [2.75, 3.05) is 12.3 Å². The van der Waals surface area contributed by atoms with E-state index in [9.17, 15) is 0 Å². The molecule has 0 unspecified atom stereocenters. The number of nitrogens with zero attached hydrogens (tertiary/aromatic N) is 2. The summed E-state index contributed by atoms with van der Waals surface area (Å²) in [7, 11) is 0. The van der Waals surface area contributed by atoms with E-state index in [0.29, 0.717) is 11.2 Å². The van der Waals surface area contributed by atoms with Crippen LogP contribution in [0.1, 0.15) is 12.8 Å². The Hall–Kier alpha value is -0.320. The summed E-state index contributed by atoms with van der Waals surface area (Å²) in [6, 6.07) is 4.32. The van der Waals surface area contributed by atoms with Crippen molar-refractivity contribution >= 4 is 23.4 Å². The molecule has 1 aliphatic heterocycles. The summed E-state index contributed by atoms with van der Waals surface area (Å²) in [5, 5.41) is 12.6. The van der Waals surface area contributed by atoms with Crippen LogP contribution in [0.3, 0.4) is 0 Å². The molecule has 0 bridgehead atoms. The van der Waals surface area contributed by atoms with E-state index >= 15 is 0 Å². The molecule has 0 saturated carbocycles. The lowest BCUT2D eigenvalue weighted by molar-refractivity contribution is 0.673. The van der Waals surface area contributed by atoms with Crippen LogP contribution >= 0.6 is 23.4 Å². The summed E-state index contributed by atoms with van der Waals surface area (Å²) in [5.41, 5.74) is 0. The first-order chi connectivity index (χ1) is 6.84. The molecule has 2 rings (SSSR count). The van der Waals surface area contributed by atoms with E-state index in [4.69, 9.17) is 11.6 Å². The topological polar surface area (TPSA) is 37.8 Å². The van der Waals surface area contributed by atoms with Crippen molar-refractivity contribution in [2.45, 2.75) is 23.9 Å². The Kier molecular flexibility index (Phi) is 3.61. The molecule has 0 spiro atoms. The lowest BCUT2D eigenvalue weighted by Crippen LogP contribution is -2.23. The van der Waals surface area contributed by atoms with Crippen LogP contribution in [0.4, 0.5) is 0 Å². The van der Waals surface area contributed by atoms with Gasteiger partial charge in [0, 0.05) is 11.8 Å². The van der Waals surface area contributed by atoms with Gasteiger partial charge in [0.2, 0.25) is 0 Å². The average Bonchev–Trinajstić information content (AvgIpc) is 2.70. The van der Waals surface area contributed by atoms with Crippen molar-refractivity contribution in [2.24, 2.45) is 0 Å². The summed E-state index contributed by atoms with van der Waals surface area (Å²) >= 11 is 7.38. The molecule has 1 aliphatic rings. The molecule has 5 heteroatoms. The number of rotatable bonds is 3. The van der Waals surface area contributed by atoms with Gasteiger partial charge in [-0.2, -0.15) is 0 Å². The Labute approximate surface area is 92.6 Å². The molecule has 2 heterocycles. The number of nitrogens with one attached hydrogen (secondary N) is 1. The zero-order valence-electron chi connectivity index (χ0n) is 7.74. The number of thioether (sulfide) groups is 1. The summed E-state index contributed by atoms with van der Waals surface area (Å²) < 4.78 is 0. The van der Waals surface area contributed by atoms with E-state index in [1.807, 2.05) is 6.07 Å². The second-order valence-corrected chi connectivity index (χ2v) is 4.73. The Morgan fingerprint density at radius 1 is 1.50 bits per heavy atom. The highest BCUT2D eigenvalue weighted by Gasteiger charge is 2.14. The van der Waals surface area contributed by atoms with Crippen LogP contribution in [0.2, 0.25) is 5.15 Å². The van der Waals surface area contributed by atoms with Crippen LogP contribution < -0.4 is 5.32 Å². The maximum atomic E-state index is 5.64. The fraction of sp³-hybridized carbons (Fsp3) is 0.556. The molecular weight excluding hydrogens is 218 g/mol. The van der Waals surface area contributed by atoms with E-state index in [1.54, 1.807) is 17.8 Å². The van der Waals surface area contributed by atoms with E-state index < -0.39 is 0 Å². The largest absolute Gasteiger partial charge is 0.313 e. The van der Waals surface area contributed by atoms with Crippen LogP contribution in [-0.2, 0) is 0 Å². The first kappa shape index (κ1) is 10.2. The van der Waals surface area contributed by atoms with Crippen molar-refractivity contribution in [1.82, 2.24) is 15.5 Å². The molecule has 1 aromatic rings. The van der Waals surface area contributed by atoms with Crippen LogP contribution in [-0.4, -0.2) is 28.5 Å². The summed E-state index contributed by atoms with van der Waals surface area (Å²) in [4.78, 5) is 0. The highest BCUT2D eigenvalue weighted by Crippen LogP contribution is 2.19. The van der Waals surface area contributed by atoms with Gasteiger partial charge in [0.25, 0.3) is 0 Å². The predicted molar refractivity (Wildman–Crippen MR) is 58.8 cm³/mol. The van der Waals surface area contributed by atoms with Crippen LogP contribution in [0.15, 0.2) is 17.2 Å². The fourth-order valence-corrected chi connectivity index (χ4v) is 2.49. The molecule has 1 N–H and O–H groups in total. The van der Waals surface area contributed by atoms with Gasteiger partial charge in [-0.25, -0.2) is 0 Å². The highest BCUT2D eigenvalue weighted by molar-refractivity contribution is 7.99. The van der Waals surface area contributed by atoms with E-state index in [1.165, 1.54) is 12.8 Å². The molecule has 0 amide bonds. The molecule has 0 aromatic carbocycles. The van der Waals surface area contributed by atoms with Crippen LogP contribution in [0, 0.1) is 0 Å². The molecule has 76 valence electrons. The molecule has 0 aliphatic carbocycles. The Morgan fingerprint density at radius 2 is 2.43 bits per heavy atom. The normalized spacial score (nSPS) is 21.4. The van der Waals surface area contributed by atoms with E-state index in [2.05, 4.69) is 15.5 Å². The van der Waals surface area contributed by atoms with Gasteiger partial charge in [-0.3, -0.25) is 0 Å². The second kappa shape index (κ2) is 4.96. The minimum absolute atomic E-state index is 0.452. The van der Waals surface area contributed by atoms with E-state index in [-0.39, 0.29) is 0 Å².